The third-order valence-corrected chi connectivity index (χ3v) is 8.81. The molecule has 4 atom stereocenters. The summed E-state index contributed by atoms with van der Waals surface area (Å²) in [7, 11) is 1.29. The molecule has 0 aromatic heterocycles. The van der Waals surface area contributed by atoms with Gasteiger partial charge in [0.05, 0.1) is 6.04 Å². The minimum Gasteiger partial charge on any atom is -0.508 e. The van der Waals surface area contributed by atoms with E-state index in [0.29, 0.717) is 0 Å². The normalized spacial score (nSPS) is 20.2. The molecule has 0 radical (unpaired) electrons. The van der Waals surface area contributed by atoms with E-state index in [9.17, 15) is 29.4 Å². The number of hydrogen-bond acceptors (Lipinski definition) is 5. The van der Waals surface area contributed by atoms with Crippen LogP contribution >= 0.6 is 0 Å². The molecular weight excluding hydrogens is 524 g/mol. The number of benzene rings is 2. The summed E-state index contributed by atoms with van der Waals surface area (Å²) in [5.41, 5.74) is 2.44. The largest absolute Gasteiger partial charge is 0.508 e. The van der Waals surface area contributed by atoms with Crippen molar-refractivity contribution in [3.8, 4) is 5.75 Å². The Morgan fingerprint density at radius 3 is 2.44 bits per heavy atom. The minimum absolute atomic E-state index is 0.0586. The lowest BCUT2D eigenvalue weighted by atomic mass is 9.83. The molecule has 0 saturated heterocycles. The van der Waals surface area contributed by atoms with Crippen molar-refractivity contribution >= 4 is 23.8 Å². The van der Waals surface area contributed by atoms with Crippen molar-refractivity contribution < 1.29 is 29.4 Å². The average molecular weight is 565 g/mol. The summed E-state index contributed by atoms with van der Waals surface area (Å²) in [6.07, 6.45) is 1.68. The Morgan fingerprint density at radius 1 is 1.05 bits per heavy atom. The zero-order valence-corrected chi connectivity index (χ0v) is 24.3. The fourth-order valence-electron chi connectivity index (χ4n) is 5.64. The van der Waals surface area contributed by atoms with Crippen molar-refractivity contribution in [3.63, 3.8) is 0 Å². The van der Waals surface area contributed by atoms with E-state index < -0.39 is 35.5 Å². The Morgan fingerprint density at radius 2 is 1.76 bits per heavy atom. The Kier molecular flexibility index (Phi) is 8.60. The van der Waals surface area contributed by atoms with E-state index in [1.807, 2.05) is 18.2 Å². The van der Waals surface area contributed by atoms with Crippen molar-refractivity contribution in [3.05, 3.63) is 64.7 Å². The van der Waals surface area contributed by atoms with Gasteiger partial charge in [0.2, 0.25) is 17.7 Å². The van der Waals surface area contributed by atoms with Crippen LogP contribution in [-0.2, 0) is 33.8 Å². The van der Waals surface area contributed by atoms with Crippen LogP contribution in [0.3, 0.4) is 0 Å². The quantitative estimate of drug-likeness (QED) is 0.407. The van der Waals surface area contributed by atoms with Gasteiger partial charge in [-0.15, -0.1) is 0 Å². The number of fused-ring (bicyclic) bond motifs is 2. The first-order valence-corrected chi connectivity index (χ1v) is 14.1. The molecule has 4 amide bonds. The van der Waals surface area contributed by atoms with Gasteiger partial charge in [-0.1, -0.05) is 44.2 Å². The summed E-state index contributed by atoms with van der Waals surface area (Å²) >= 11 is 0. The summed E-state index contributed by atoms with van der Waals surface area (Å²) < 4.78 is 0. The first kappa shape index (κ1) is 29.9. The highest BCUT2D eigenvalue weighted by Crippen LogP contribution is 2.33. The van der Waals surface area contributed by atoms with Crippen molar-refractivity contribution in [1.82, 2.24) is 20.4 Å². The van der Waals surface area contributed by atoms with Gasteiger partial charge in [-0.2, -0.15) is 0 Å². The SMILES string of the molecule is CC(C(=O)NC(C)(C(=O)N1Cc2cc(O)ccc2CC1C(=O)N[C@@H]1CCCc2ccccc21)C(C)C)N(C)C(=O)O. The minimum atomic E-state index is -1.44. The van der Waals surface area contributed by atoms with Crippen molar-refractivity contribution in [1.29, 1.82) is 0 Å². The predicted molar refractivity (Wildman–Crippen MR) is 153 cm³/mol. The molecule has 1 aliphatic carbocycles. The maximum atomic E-state index is 14.4. The second-order valence-electron chi connectivity index (χ2n) is 11.7. The summed E-state index contributed by atoms with van der Waals surface area (Å²) in [4.78, 5) is 55.2. The van der Waals surface area contributed by atoms with Crippen LogP contribution in [0, 0.1) is 5.92 Å². The first-order valence-electron chi connectivity index (χ1n) is 14.1. The molecule has 41 heavy (non-hydrogen) atoms. The zero-order valence-electron chi connectivity index (χ0n) is 24.3. The zero-order chi connectivity index (χ0) is 30.1. The molecule has 4 N–H and O–H groups in total. The van der Waals surface area contributed by atoms with E-state index >= 15 is 0 Å². The monoisotopic (exact) mass is 564 g/mol. The van der Waals surface area contributed by atoms with Gasteiger partial charge in [0.15, 0.2) is 0 Å². The van der Waals surface area contributed by atoms with E-state index in [-0.39, 0.29) is 36.6 Å². The Hall–Kier alpha value is -4.08. The Labute approximate surface area is 240 Å². The molecule has 2 aromatic rings. The van der Waals surface area contributed by atoms with E-state index in [1.165, 1.54) is 24.4 Å². The van der Waals surface area contributed by atoms with Gasteiger partial charge in [0, 0.05) is 20.0 Å². The van der Waals surface area contributed by atoms with Crippen LogP contribution in [0.4, 0.5) is 4.79 Å². The van der Waals surface area contributed by atoms with Crippen LogP contribution in [0.25, 0.3) is 0 Å². The number of likely N-dealkylation sites (N-methyl/N-ethyl adjacent to an activating group) is 1. The molecule has 0 fully saturated rings. The number of aryl methyl sites for hydroxylation is 1. The second-order valence-corrected chi connectivity index (χ2v) is 11.7. The lowest BCUT2D eigenvalue weighted by molar-refractivity contribution is -0.150. The first-order chi connectivity index (χ1) is 19.3. The summed E-state index contributed by atoms with van der Waals surface area (Å²) in [6.45, 7) is 6.72. The lowest BCUT2D eigenvalue weighted by Crippen LogP contribution is -2.66. The van der Waals surface area contributed by atoms with Crippen molar-refractivity contribution in [2.75, 3.05) is 7.05 Å². The second kappa shape index (κ2) is 11.8. The van der Waals surface area contributed by atoms with Gasteiger partial charge >= 0.3 is 6.09 Å². The van der Waals surface area contributed by atoms with Crippen LogP contribution in [0.5, 0.6) is 5.75 Å². The van der Waals surface area contributed by atoms with Gasteiger partial charge < -0.3 is 25.7 Å². The van der Waals surface area contributed by atoms with Crippen LogP contribution in [0.15, 0.2) is 42.5 Å². The molecule has 2 aromatic carbocycles. The highest BCUT2D eigenvalue weighted by Gasteiger charge is 2.47. The molecular formula is C31H40N4O6. The Balaban J connectivity index is 1.66. The molecule has 10 heteroatoms. The molecule has 3 unspecified atom stereocenters. The molecule has 0 saturated carbocycles. The molecule has 4 rings (SSSR count). The number of aromatic hydroxyl groups is 1. The fraction of sp³-hybridized carbons (Fsp3) is 0.484. The van der Waals surface area contributed by atoms with E-state index in [4.69, 9.17) is 0 Å². The smallest absolute Gasteiger partial charge is 0.407 e. The third kappa shape index (κ3) is 6.01. The molecule has 1 aliphatic heterocycles. The molecule has 220 valence electrons. The number of carbonyl (C=O) groups excluding carboxylic acids is 3. The number of carbonyl (C=O) groups is 4. The van der Waals surface area contributed by atoms with Gasteiger partial charge in [-0.25, -0.2) is 4.79 Å². The maximum Gasteiger partial charge on any atom is 0.407 e. The van der Waals surface area contributed by atoms with E-state index in [0.717, 1.165) is 40.9 Å². The van der Waals surface area contributed by atoms with Crippen LogP contribution in [0.2, 0.25) is 0 Å². The number of phenolic OH excluding ortho intramolecular Hbond substituents is 1. The third-order valence-electron chi connectivity index (χ3n) is 8.81. The number of nitrogens with zero attached hydrogens (tertiary/aromatic N) is 2. The summed E-state index contributed by atoms with van der Waals surface area (Å²) in [6, 6.07) is 10.9. The molecule has 10 nitrogen and oxygen atoms in total. The van der Waals surface area contributed by atoms with Crippen LogP contribution < -0.4 is 10.6 Å². The molecule has 0 bridgehead atoms. The standard InChI is InChI=1S/C31H40N4O6/c1-18(2)31(4,33-27(37)19(3)34(5)30(40)41)29(39)35-17-22-15-23(36)14-13-21(22)16-26(35)28(38)32-25-12-8-10-20-9-6-7-11-24(20)25/h6-7,9,11,13-15,18-19,25-26,36H,8,10,12,16-17H2,1-5H3,(H,32,38)(H,33,37)(H,40,41)/t19?,25-,26?,31?/m1/s1. The lowest BCUT2D eigenvalue weighted by Gasteiger charge is -2.44. The molecule has 2 aliphatic rings. The fourth-order valence-corrected chi connectivity index (χ4v) is 5.64. The topological polar surface area (TPSA) is 139 Å². The number of nitrogens with one attached hydrogen (secondary N) is 2. The number of rotatable bonds is 7. The molecule has 0 spiro atoms. The maximum absolute atomic E-state index is 14.4. The number of amides is 4. The molecule has 1 heterocycles. The number of phenols is 1. The van der Waals surface area contributed by atoms with Gasteiger partial charge in [0.1, 0.15) is 23.4 Å². The number of carboxylic acid groups (broad SMARTS) is 1. The average Bonchev–Trinajstić information content (AvgIpc) is 2.95. The van der Waals surface area contributed by atoms with Crippen LogP contribution in [0.1, 0.15) is 68.8 Å². The van der Waals surface area contributed by atoms with Crippen molar-refractivity contribution in [2.45, 2.75) is 83.6 Å². The highest BCUT2D eigenvalue weighted by molar-refractivity contribution is 5.96. The van der Waals surface area contributed by atoms with Crippen molar-refractivity contribution in [2.24, 2.45) is 5.92 Å². The van der Waals surface area contributed by atoms with Gasteiger partial charge in [-0.05, 0) is 73.4 Å². The van der Waals surface area contributed by atoms with Crippen LogP contribution in [-0.4, -0.2) is 68.5 Å². The summed E-state index contributed by atoms with van der Waals surface area (Å²) in [5, 5.41) is 25.5. The van der Waals surface area contributed by atoms with Gasteiger partial charge in [0.25, 0.3) is 0 Å². The highest BCUT2D eigenvalue weighted by atomic mass is 16.4. The number of hydrogen-bond donors (Lipinski definition) is 4. The van der Waals surface area contributed by atoms with E-state index in [2.05, 4.69) is 16.7 Å². The Bertz CT molecular complexity index is 1340. The van der Waals surface area contributed by atoms with Gasteiger partial charge in [-0.3, -0.25) is 19.3 Å². The summed E-state index contributed by atoms with van der Waals surface area (Å²) in [5.74, 6) is -1.68. The van der Waals surface area contributed by atoms with E-state index in [1.54, 1.807) is 39.0 Å². The predicted octanol–water partition coefficient (Wildman–Crippen LogP) is 3.37.